The smallest absolute Gasteiger partial charge is 0.490 e. The van der Waals surface area contributed by atoms with Crippen LogP contribution in [0.1, 0.15) is 20.3 Å². The molecule has 0 spiro atoms. The van der Waals surface area contributed by atoms with Crippen LogP contribution < -0.4 is 14.8 Å². The molecule has 1 aromatic rings. The van der Waals surface area contributed by atoms with Crippen LogP contribution in [0.4, 0.5) is 13.2 Å². The number of piperazine rings is 1. The Morgan fingerprint density at radius 2 is 1.69 bits per heavy atom. The van der Waals surface area contributed by atoms with Crippen LogP contribution in [0.2, 0.25) is 0 Å². The van der Waals surface area contributed by atoms with Gasteiger partial charge >= 0.3 is 12.1 Å². The SMILES string of the molecule is COc1ccc(S(=O)(=O)N(CCC(=O)N2CCNCC2)CC(C)C)cc1OC.O=C(O)C(F)(F)F. The normalized spacial score (nSPS) is 14.4. The van der Waals surface area contributed by atoms with E-state index in [1.165, 1.54) is 30.7 Å². The summed E-state index contributed by atoms with van der Waals surface area (Å²) in [7, 11) is -0.802. The van der Waals surface area contributed by atoms with Gasteiger partial charge in [0, 0.05) is 51.8 Å². The molecule has 1 aliphatic rings. The number of halogens is 3. The Balaban J connectivity index is 0.000000762. The van der Waals surface area contributed by atoms with Gasteiger partial charge in [-0.2, -0.15) is 17.5 Å². The zero-order chi connectivity index (χ0) is 26.8. The number of alkyl halides is 3. The van der Waals surface area contributed by atoms with Crippen LogP contribution >= 0.6 is 0 Å². The fourth-order valence-electron chi connectivity index (χ4n) is 3.14. The summed E-state index contributed by atoms with van der Waals surface area (Å²) in [6, 6.07) is 4.53. The standard InChI is InChI=1S/C19H31N3O5S.C2HF3O2/c1-15(2)14-22(10-7-19(23)21-11-8-20-9-12-21)28(24,25)16-5-6-17(26-3)18(13-16)27-4;3-2(4,5)1(6)7/h5-6,13,15,20H,7-12,14H2,1-4H3;(H,6,7). The molecular formula is C21H32F3N3O7S. The highest BCUT2D eigenvalue weighted by Gasteiger charge is 2.38. The molecule has 200 valence electrons. The molecule has 14 heteroatoms. The maximum Gasteiger partial charge on any atom is 0.490 e. The Labute approximate surface area is 203 Å². The summed E-state index contributed by atoms with van der Waals surface area (Å²) in [5.74, 6) is -1.83. The van der Waals surface area contributed by atoms with Crippen LogP contribution in [-0.4, -0.2) is 94.3 Å². The number of hydrogen-bond acceptors (Lipinski definition) is 7. The van der Waals surface area contributed by atoms with E-state index < -0.39 is 22.2 Å². The molecule has 0 aromatic heterocycles. The van der Waals surface area contributed by atoms with Gasteiger partial charge < -0.3 is 24.8 Å². The van der Waals surface area contributed by atoms with Crippen molar-refractivity contribution >= 4 is 21.9 Å². The van der Waals surface area contributed by atoms with Crippen molar-refractivity contribution in [2.24, 2.45) is 5.92 Å². The molecule has 1 aliphatic heterocycles. The third kappa shape index (κ3) is 9.53. The minimum atomic E-state index is -5.08. The number of nitrogens with zero attached hydrogens (tertiary/aromatic N) is 2. The summed E-state index contributed by atoms with van der Waals surface area (Å²) in [6.07, 6.45) is -4.92. The van der Waals surface area contributed by atoms with Crippen LogP contribution in [0, 0.1) is 5.92 Å². The number of hydrogen-bond donors (Lipinski definition) is 2. The predicted molar refractivity (Wildman–Crippen MR) is 121 cm³/mol. The van der Waals surface area contributed by atoms with Crippen LogP contribution in [-0.2, 0) is 19.6 Å². The van der Waals surface area contributed by atoms with E-state index >= 15 is 0 Å². The highest BCUT2D eigenvalue weighted by atomic mass is 32.2. The van der Waals surface area contributed by atoms with Crippen molar-refractivity contribution in [2.75, 3.05) is 53.5 Å². The van der Waals surface area contributed by atoms with E-state index in [0.717, 1.165) is 13.1 Å². The van der Waals surface area contributed by atoms with Gasteiger partial charge in [0.05, 0.1) is 19.1 Å². The summed E-state index contributed by atoms with van der Waals surface area (Å²) < 4.78 is 70.0. The van der Waals surface area contributed by atoms with Gasteiger partial charge in [-0.3, -0.25) is 4.79 Å². The maximum atomic E-state index is 13.2. The van der Waals surface area contributed by atoms with Gasteiger partial charge in [-0.25, -0.2) is 13.2 Å². The second kappa shape index (κ2) is 13.5. The van der Waals surface area contributed by atoms with E-state index in [4.69, 9.17) is 19.4 Å². The fourth-order valence-corrected chi connectivity index (χ4v) is 4.76. The van der Waals surface area contributed by atoms with Crippen molar-refractivity contribution in [3.63, 3.8) is 0 Å². The van der Waals surface area contributed by atoms with Crippen LogP contribution in [0.5, 0.6) is 11.5 Å². The molecule has 0 radical (unpaired) electrons. The monoisotopic (exact) mass is 527 g/mol. The van der Waals surface area contributed by atoms with Gasteiger partial charge in [-0.1, -0.05) is 13.8 Å². The third-order valence-corrected chi connectivity index (χ3v) is 6.71. The number of sulfonamides is 1. The second-order valence-corrected chi connectivity index (χ2v) is 9.90. The molecule has 1 heterocycles. The van der Waals surface area contributed by atoms with E-state index in [-0.39, 0.29) is 29.7 Å². The Morgan fingerprint density at radius 1 is 1.14 bits per heavy atom. The minimum Gasteiger partial charge on any atom is -0.493 e. The molecule has 1 saturated heterocycles. The Hall–Kier alpha value is -2.58. The molecule has 1 aromatic carbocycles. The topological polar surface area (TPSA) is 125 Å². The van der Waals surface area contributed by atoms with Crippen molar-refractivity contribution in [3.05, 3.63) is 18.2 Å². The average Bonchev–Trinajstić information content (AvgIpc) is 2.81. The lowest BCUT2D eigenvalue weighted by Gasteiger charge is -2.29. The highest BCUT2D eigenvalue weighted by molar-refractivity contribution is 7.89. The van der Waals surface area contributed by atoms with Gasteiger partial charge in [0.1, 0.15) is 0 Å². The van der Waals surface area contributed by atoms with Crippen molar-refractivity contribution in [3.8, 4) is 11.5 Å². The summed E-state index contributed by atoms with van der Waals surface area (Å²) >= 11 is 0. The first kappa shape index (κ1) is 30.5. The molecule has 1 amide bonds. The summed E-state index contributed by atoms with van der Waals surface area (Å²) in [6.45, 7) is 7.25. The summed E-state index contributed by atoms with van der Waals surface area (Å²) in [5, 5.41) is 10.3. The van der Waals surface area contributed by atoms with Crippen molar-refractivity contribution < 1.29 is 45.8 Å². The van der Waals surface area contributed by atoms with Gasteiger partial charge in [0.2, 0.25) is 15.9 Å². The van der Waals surface area contributed by atoms with Crippen LogP contribution in [0.25, 0.3) is 0 Å². The number of aliphatic carboxylic acids is 1. The van der Waals surface area contributed by atoms with Crippen molar-refractivity contribution in [2.45, 2.75) is 31.3 Å². The first-order chi connectivity index (χ1) is 16.2. The number of methoxy groups -OCH3 is 2. The molecular weight excluding hydrogens is 495 g/mol. The van der Waals surface area contributed by atoms with E-state index in [2.05, 4.69) is 5.32 Å². The number of ether oxygens (including phenoxy) is 2. The molecule has 0 atom stereocenters. The number of benzene rings is 1. The van der Waals surface area contributed by atoms with Gasteiger partial charge in [-0.15, -0.1) is 0 Å². The molecule has 0 unspecified atom stereocenters. The van der Waals surface area contributed by atoms with Gasteiger partial charge in [0.25, 0.3) is 0 Å². The first-order valence-corrected chi connectivity index (χ1v) is 12.2. The maximum absolute atomic E-state index is 13.2. The quantitative estimate of drug-likeness (QED) is 0.498. The number of rotatable bonds is 9. The van der Waals surface area contributed by atoms with Gasteiger partial charge in [0.15, 0.2) is 11.5 Å². The summed E-state index contributed by atoms with van der Waals surface area (Å²) in [4.78, 5) is 23.3. The predicted octanol–water partition coefficient (Wildman–Crippen LogP) is 1.81. The van der Waals surface area contributed by atoms with E-state index in [0.29, 0.717) is 31.1 Å². The molecule has 1 fully saturated rings. The molecule has 0 saturated carbocycles. The lowest BCUT2D eigenvalue weighted by atomic mass is 10.2. The minimum absolute atomic E-state index is 0.0160. The summed E-state index contributed by atoms with van der Waals surface area (Å²) in [5.41, 5.74) is 0. The lowest BCUT2D eigenvalue weighted by Crippen LogP contribution is -2.47. The first-order valence-electron chi connectivity index (χ1n) is 10.7. The molecule has 0 aliphatic carbocycles. The van der Waals surface area contributed by atoms with E-state index in [9.17, 15) is 26.4 Å². The lowest BCUT2D eigenvalue weighted by molar-refractivity contribution is -0.192. The zero-order valence-corrected chi connectivity index (χ0v) is 20.9. The number of carbonyl (C=O) groups excluding carboxylic acids is 1. The number of carbonyl (C=O) groups is 2. The Kier molecular flexibility index (Phi) is 11.7. The third-order valence-electron chi connectivity index (χ3n) is 4.85. The number of nitrogens with one attached hydrogen (secondary N) is 1. The van der Waals surface area contributed by atoms with Crippen molar-refractivity contribution in [1.29, 1.82) is 0 Å². The molecule has 35 heavy (non-hydrogen) atoms. The molecule has 10 nitrogen and oxygen atoms in total. The largest absolute Gasteiger partial charge is 0.493 e. The van der Waals surface area contributed by atoms with Crippen molar-refractivity contribution in [1.82, 2.24) is 14.5 Å². The molecule has 2 N–H and O–H groups in total. The fraction of sp³-hybridized carbons (Fsp3) is 0.619. The van der Waals surface area contributed by atoms with Gasteiger partial charge in [-0.05, 0) is 18.1 Å². The van der Waals surface area contributed by atoms with Crippen LogP contribution in [0.15, 0.2) is 23.1 Å². The highest BCUT2D eigenvalue weighted by Crippen LogP contribution is 2.31. The Bertz CT molecular complexity index is 950. The zero-order valence-electron chi connectivity index (χ0n) is 20.1. The Morgan fingerprint density at radius 3 is 2.14 bits per heavy atom. The number of carboxylic acids is 1. The second-order valence-electron chi connectivity index (χ2n) is 7.96. The van der Waals surface area contributed by atoms with Crippen LogP contribution in [0.3, 0.4) is 0 Å². The number of carboxylic acid groups (broad SMARTS) is 1. The number of amides is 1. The molecule has 0 bridgehead atoms. The molecule has 2 rings (SSSR count). The van der Waals surface area contributed by atoms with E-state index in [1.807, 2.05) is 13.8 Å². The van der Waals surface area contributed by atoms with E-state index in [1.54, 1.807) is 11.0 Å². The average molecular weight is 528 g/mol.